The Morgan fingerprint density at radius 3 is 2.45 bits per heavy atom. The topological polar surface area (TPSA) is 70.7 Å². The van der Waals surface area contributed by atoms with E-state index < -0.39 is 17.7 Å². The Morgan fingerprint density at radius 2 is 1.79 bits per heavy atom. The van der Waals surface area contributed by atoms with Crippen LogP contribution in [0, 0.1) is 11.6 Å². The number of nitrogens with zero attached hydrogens (tertiary/aromatic N) is 1. The first-order valence-electron chi connectivity index (χ1n) is 9.23. The number of methoxy groups -OCH3 is 1. The number of anilines is 1. The molecule has 0 radical (unpaired) electrons. The minimum absolute atomic E-state index is 0.00125. The van der Waals surface area contributed by atoms with E-state index in [2.05, 4.69) is 10.6 Å². The van der Waals surface area contributed by atoms with Gasteiger partial charge < -0.3 is 15.4 Å². The predicted octanol–water partition coefficient (Wildman–Crippen LogP) is 3.11. The van der Waals surface area contributed by atoms with E-state index in [1.165, 1.54) is 13.2 Å². The zero-order chi connectivity index (χ0) is 21.4. The van der Waals surface area contributed by atoms with Crippen LogP contribution in [0.5, 0.6) is 5.75 Å². The lowest BCUT2D eigenvalue weighted by atomic mass is 10.1. The summed E-state index contributed by atoms with van der Waals surface area (Å²) < 4.78 is 32.1. The molecule has 2 rings (SSSR count). The molecule has 156 valence electrons. The Labute approximate surface area is 168 Å². The van der Waals surface area contributed by atoms with Gasteiger partial charge in [0.05, 0.1) is 31.9 Å². The normalized spacial score (nSPS) is 11.8. The first kappa shape index (κ1) is 22.3. The van der Waals surface area contributed by atoms with Crippen molar-refractivity contribution in [3.8, 4) is 5.75 Å². The number of amides is 2. The van der Waals surface area contributed by atoms with Gasteiger partial charge in [0.2, 0.25) is 11.8 Å². The van der Waals surface area contributed by atoms with Crippen LogP contribution in [0.1, 0.15) is 25.5 Å². The maximum Gasteiger partial charge on any atom is 0.238 e. The molecule has 0 bridgehead atoms. The molecule has 0 aliphatic rings. The third kappa shape index (κ3) is 6.53. The van der Waals surface area contributed by atoms with E-state index in [4.69, 9.17) is 4.74 Å². The second-order valence-corrected chi connectivity index (χ2v) is 6.51. The fourth-order valence-corrected chi connectivity index (χ4v) is 2.84. The molecule has 0 fully saturated rings. The summed E-state index contributed by atoms with van der Waals surface area (Å²) in [6.07, 6.45) is 0. The van der Waals surface area contributed by atoms with E-state index in [-0.39, 0.29) is 30.5 Å². The number of rotatable bonds is 9. The van der Waals surface area contributed by atoms with Crippen LogP contribution in [0.3, 0.4) is 0 Å². The summed E-state index contributed by atoms with van der Waals surface area (Å²) in [6, 6.07) is 9.61. The van der Waals surface area contributed by atoms with Crippen molar-refractivity contribution >= 4 is 17.5 Å². The maximum atomic E-state index is 13.9. The number of hydrogen-bond acceptors (Lipinski definition) is 4. The number of carbonyl (C=O) groups is 2. The van der Waals surface area contributed by atoms with Crippen LogP contribution >= 0.6 is 0 Å². The minimum Gasteiger partial charge on any atom is -0.495 e. The molecule has 0 saturated heterocycles. The first-order chi connectivity index (χ1) is 13.8. The standard InChI is InChI=1S/C21H25F2N3O3/c1-4-26(13-21(28)25-18-7-5-6-8-19(18)29-3)12-20(27)24-14(2)16-10-9-15(22)11-17(16)23/h5-11,14H,4,12-13H2,1-3H3,(H,24,27)(H,25,28)/t14-/m0/s1. The third-order valence-electron chi connectivity index (χ3n) is 4.37. The van der Waals surface area contributed by atoms with Crippen LogP contribution in [-0.2, 0) is 9.59 Å². The number of ether oxygens (including phenoxy) is 1. The number of hydrogen-bond donors (Lipinski definition) is 2. The number of benzene rings is 2. The SMILES string of the molecule is CCN(CC(=O)Nc1ccccc1OC)CC(=O)N[C@@H](C)c1ccc(F)cc1F. The van der Waals surface area contributed by atoms with Gasteiger partial charge in [-0.15, -0.1) is 0 Å². The molecular formula is C21H25F2N3O3. The van der Waals surface area contributed by atoms with Crippen molar-refractivity contribution in [2.24, 2.45) is 0 Å². The highest BCUT2D eigenvalue weighted by molar-refractivity contribution is 5.94. The van der Waals surface area contributed by atoms with Crippen molar-refractivity contribution in [1.82, 2.24) is 10.2 Å². The second kappa shape index (κ2) is 10.5. The quantitative estimate of drug-likeness (QED) is 0.673. The molecule has 0 unspecified atom stereocenters. The van der Waals surface area contributed by atoms with Gasteiger partial charge in [0, 0.05) is 11.6 Å². The molecule has 0 spiro atoms. The number of likely N-dealkylation sites (N-methyl/N-ethyl adjacent to an activating group) is 1. The van der Waals surface area contributed by atoms with Gasteiger partial charge in [-0.25, -0.2) is 8.78 Å². The van der Waals surface area contributed by atoms with Crippen LogP contribution in [0.15, 0.2) is 42.5 Å². The second-order valence-electron chi connectivity index (χ2n) is 6.51. The van der Waals surface area contributed by atoms with Crippen LogP contribution in [0.2, 0.25) is 0 Å². The van der Waals surface area contributed by atoms with Crippen molar-refractivity contribution in [2.45, 2.75) is 19.9 Å². The summed E-state index contributed by atoms with van der Waals surface area (Å²) in [7, 11) is 1.51. The summed E-state index contributed by atoms with van der Waals surface area (Å²) in [4.78, 5) is 26.3. The Balaban J connectivity index is 1.91. The van der Waals surface area contributed by atoms with Crippen molar-refractivity contribution in [1.29, 1.82) is 0 Å². The molecule has 0 saturated carbocycles. The fourth-order valence-electron chi connectivity index (χ4n) is 2.84. The van der Waals surface area contributed by atoms with Crippen LogP contribution < -0.4 is 15.4 Å². The van der Waals surface area contributed by atoms with Crippen LogP contribution in [0.4, 0.5) is 14.5 Å². The van der Waals surface area contributed by atoms with E-state index in [0.717, 1.165) is 12.1 Å². The smallest absolute Gasteiger partial charge is 0.238 e. The van der Waals surface area contributed by atoms with Gasteiger partial charge in [-0.05, 0) is 31.7 Å². The molecule has 0 aromatic heterocycles. The molecule has 8 heteroatoms. The molecule has 6 nitrogen and oxygen atoms in total. The van der Waals surface area contributed by atoms with E-state index >= 15 is 0 Å². The molecule has 2 aromatic carbocycles. The van der Waals surface area contributed by atoms with Gasteiger partial charge in [-0.2, -0.15) is 0 Å². The Hall–Kier alpha value is -3.00. The summed E-state index contributed by atoms with van der Waals surface area (Å²) in [5.74, 6) is -1.52. The number of halogens is 2. The number of para-hydroxylation sites is 2. The highest BCUT2D eigenvalue weighted by atomic mass is 19.1. The van der Waals surface area contributed by atoms with Gasteiger partial charge in [0.1, 0.15) is 17.4 Å². The molecule has 0 aliphatic heterocycles. The monoisotopic (exact) mass is 405 g/mol. The Morgan fingerprint density at radius 1 is 1.10 bits per heavy atom. The lowest BCUT2D eigenvalue weighted by molar-refractivity contribution is -0.123. The Kier molecular flexibility index (Phi) is 8.09. The highest BCUT2D eigenvalue weighted by Crippen LogP contribution is 2.23. The summed E-state index contributed by atoms with van der Waals surface area (Å²) in [6.45, 7) is 3.86. The predicted molar refractivity (Wildman–Crippen MR) is 107 cm³/mol. The molecule has 29 heavy (non-hydrogen) atoms. The first-order valence-corrected chi connectivity index (χ1v) is 9.23. The summed E-state index contributed by atoms with van der Waals surface area (Å²) in [5, 5.41) is 5.42. The van der Waals surface area contributed by atoms with Crippen molar-refractivity contribution < 1.29 is 23.1 Å². The number of nitrogens with one attached hydrogen (secondary N) is 2. The number of carbonyl (C=O) groups excluding carboxylic acids is 2. The minimum atomic E-state index is -0.721. The van der Waals surface area contributed by atoms with E-state index in [1.54, 1.807) is 36.1 Å². The lowest BCUT2D eigenvalue weighted by Gasteiger charge is -2.21. The third-order valence-corrected chi connectivity index (χ3v) is 4.37. The van der Waals surface area contributed by atoms with Crippen molar-refractivity contribution in [3.05, 3.63) is 59.7 Å². The van der Waals surface area contributed by atoms with Crippen LogP contribution in [0.25, 0.3) is 0 Å². The average molecular weight is 405 g/mol. The van der Waals surface area contributed by atoms with E-state index in [9.17, 15) is 18.4 Å². The molecular weight excluding hydrogens is 380 g/mol. The fraction of sp³-hybridized carbons (Fsp3) is 0.333. The van der Waals surface area contributed by atoms with E-state index in [1.807, 2.05) is 6.92 Å². The molecule has 0 heterocycles. The molecule has 2 N–H and O–H groups in total. The zero-order valence-electron chi connectivity index (χ0n) is 16.7. The molecule has 2 amide bonds. The maximum absolute atomic E-state index is 13.9. The average Bonchev–Trinajstić information content (AvgIpc) is 2.67. The molecule has 2 aromatic rings. The van der Waals surface area contributed by atoms with E-state index in [0.29, 0.717) is 18.0 Å². The van der Waals surface area contributed by atoms with Crippen molar-refractivity contribution in [2.75, 3.05) is 32.1 Å². The summed E-state index contributed by atoms with van der Waals surface area (Å²) in [5.41, 5.74) is 0.734. The zero-order valence-corrected chi connectivity index (χ0v) is 16.7. The van der Waals surface area contributed by atoms with Gasteiger partial charge >= 0.3 is 0 Å². The van der Waals surface area contributed by atoms with Gasteiger partial charge in [0.25, 0.3) is 0 Å². The highest BCUT2D eigenvalue weighted by Gasteiger charge is 2.18. The molecule has 0 aliphatic carbocycles. The van der Waals surface area contributed by atoms with Gasteiger partial charge in [-0.1, -0.05) is 25.1 Å². The Bertz CT molecular complexity index is 861. The lowest BCUT2D eigenvalue weighted by Crippen LogP contribution is -2.41. The van der Waals surface area contributed by atoms with Crippen molar-refractivity contribution in [3.63, 3.8) is 0 Å². The molecule has 1 atom stereocenters. The van der Waals surface area contributed by atoms with Crippen LogP contribution in [-0.4, -0.2) is 43.5 Å². The largest absolute Gasteiger partial charge is 0.495 e. The van der Waals surface area contributed by atoms with Gasteiger partial charge in [0.15, 0.2) is 0 Å². The summed E-state index contributed by atoms with van der Waals surface area (Å²) >= 11 is 0. The van der Waals surface area contributed by atoms with Gasteiger partial charge in [-0.3, -0.25) is 14.5 Å².